The van der Waals surface area contributed by atoms with Crippen LogP contribution in [0, 0.1) is 17.0 Å². The van der Waals surface area contributed by atoms with Crippen molar-refractivity contribution in [3.63, 3.8) is 0 Å². The predicted octanol–water partition coefficient (Wildman–Crippen LogP) is 5.59. The van der Waals surface area contributed by atoms with Crippen LogP contribution in [0.5, 0.6) is 0 Å². The number of thioether (sulfide) groups is 1. The summed E-state index contributed by atoms with van der Waals surface area (Å²) in [5, 5.41) is 13.4. The normalized spacial score (nSPS) is 15.6. The van der Waals surface area contributed by atoms with Crippen LogP contribution >= 0.6 is 23.4 Å². The molecule has 1 saturated heterocycles. The number of carbonyl (C=O) groups is 2. The Morgan fingerprint density at radius 3 is 2.59 bits per heavy atom. The number of aryl methyl sites for hydroxylation is 1. The van der Waals surface area contributed by atoms with Crippen LogP contribution in [-0.4, -0.2) is 22.5 Å². The molecule has 32 heavy (non-hydrogen) atoms. The minimum absolute atomic E-state index is 0.00431. The molecule has 9 heteroatoms. The van der Waals surface area contributed by atoms with Gasteiger partial charge in [0.2, 0.25) is 5.91 Å². The third kappa shape index (κ3) is 4.46. The van der Waals surface area contributed by atoms with Crippen molar-refractivity contribution < 1.29 is 14.5 Å². The third-order valence-corrected chi connectivity index (χ3v) is 6.54. The second-order valence-electron chi connectivity index (χ2n) is 7.26. The minimum atomic E-state index is -0.572. The molecule has 0 spiro atoms. The van der Waals surface area contributed by atoms with Gasteiger partial charge in [0.15, 0.2) is 0 Å². The Hall–Kier alpha value is -3.36. The van der Waals surface area contributed by atoms with Crippen LogP contribution in [0.2, 0.25) is 5.02 Å². The molecule has 3 aromatic rings. The van der Waals surface area contributed by atoms with Gasteiger partial charge in [0.05, 0.1) is 21.3 Å². The van der Waals surface area contributed by atoms with Crippen molar-refractivity contribution in [1.29, 1.82) is 0 Å². The van der Waals surface area contributed by atoms with Crippen LogP contribution in [0.1, 0.15) is 26.9 Å². The maximum Gasteiger partial charge on any atom is 0.270 e. The van der Waals surface area contributed by atoms with Gasteiger partial charge in [0.25, 0.3) is 11.6 Å². The summed E-state index contributed by atoms with van der Waals surface area (Å²) in [6.45, 7) is 1.99. The van der Waals surface area contributed by atoms with Gasteiger partial charge in [0, 0.05) is 23.5 Å². The van der Waals surface area contributed by atoms with Crippen molar-refractivity contribution in [2.45, 2.75) is 12.3 Å². The Bertz CT molecular complexity index is 1220. The molecule has 0 aliphatic carbocycles. The number of hydrogen-bond donors (Lipinski definition) is 1. The number of benzene rings is 3. The number of nitrogens with zero attached hydrogens (tertiary/aromatic N) is 2. The number of non-ortho nitro benzene ring substituents is 1. The SMILES string of the molecule is Cc1ccc(N2C(=O)CS[C@@H]2c2cccc(NC(=O)c3ccc([N+](=O)[O-])cc3Cl)c2)cc1. The van der Waals surface area contributed by atoms with Crippen LogP contribution in [0.25, 0.3) is 0 Å². The summed E-state index contributed by atoms with van der Waals surface area (Å²) in [5.41, 5.74) is 3.28. The van der Waals surface area contributed by atoms with Gasteiger partial charge in [-0.3, -0.25) is 24.6 Å². The summed E-state index contributed by atoms with van der Waals surface area (Å²) in [6, 6.07) is 18.7. The number of carbonyl (C=O) groups excluding carboxylic acids is 2. The lowest BCUT2D eigenvalue weighted by Crippen LogP contribution is -2.27. The van der Waals surface area contributed by atoms with E-state index in [2.05, 4.69) is 5.32 Å². The van der Waals surface area contributed by atoms with Crippen LogP contribution in [0.15, 0.2) is 66.7 Å². The van der Waals surface area contributed by atoms with Gasteiger partial charge in [-0.15, -0.1) is 11.8 Å². The molecule has 1 N–H and O–H groups in total. The molecular weight excluding hydrogens is 450 g/mol. The number of halogens is 1. The average molecular weight is 468 g/mol. The lowest BCUT2D eigenvalue weighted by atomic mass is 10.1. The summed E-state index contributed by atoms with van der Waals surface area (Å²) < 4.78 is 0. The van der Waals surface area contributed by atoms with E-state index < -0.39 is 10.8 Å². The number of nitrogens with one attached hydrogen (secondary N) is 1. The van der Waals surface area contributed by atoms with E-state index in [4.69, 9.17) is 11.6 Å². The molecule has 7 nitrogen and oxygen atoms in total. The van der Waals surface area contributed by atoms with Gasteiger partial charge in [-0.2, -0.15) is 0 Å². The van der Waals surface area contributed by atoms with Gasteiger partial charge >= 0.3 is 0 Å². The Morgan fingerprint density at radius 2 is 1.91 bits per heavy atom. The number of amides is 2. The molecule has 162 valence electrons. The fraction of sp³-hybridized carbons (Fsp3) is 0.130. The van der Waals surface area contributed by atoms with E-state index in [1.807, 2.05) is 43.3 Å². The number of rotatable bonds is 5. The Morgan fingerprint density at radius 1 is 1.16 bits per heavy atom. The van der Waals surface area contributed by atoms with Crippen LogP contribution in [-0.2, 0) is 4.79 Å². The van der Waals surface area contributed by atoms with E-state index in [0.717, 1.165) is 22.9 Å². The minimum Gasteiger partial charge on any atom is -0.322 e. The quantitative estimate of drug-likeness (QED) is 0.390. The van der Waals surface area contributed by atoms with E-state index in [9.17, 15) is 19.7 Å². The highest BCUT2D eigenvalue weighted by atomic mass is 35.5. The summed E-state index contributed by atoms with van der Waals surface area (Å²) in [6.07, 6.45) is 0. The molecule has 0 bridgehead atoms. The summed E-state index contributed by atoms with van der Waals surface area (Å²) in [4.78, 5) is 37.3. The number of anilines is 2. The van der Waals surface area contributed by atoms with Crippen molar-refractivity contribution in [3.05, 3.63) is 98.6 Å². The van der Waals surface area contributed by atoms with Crippen LogP contribution in [0.4, 0.5) is 17.1 Å². The van der Waals surface area contributed by atoms with Crippen molar-refractivity contribution in [2.75, 3.05) is 16.0 Å². The maximum absolute atomic E-state index is 12.7. The summed E-state index contributed by atoms with van der Waals surface area (Å²) >= 11 is 7.59. The van der Waals surface area contributed by atoms with Crippen molar-refractivity contribution in [3.8, 4) is 0 Å². The zero-order chi connectivity index (χ0) is 22.8. The first-order valence-electron chi connectivity index (χ1n) is 9.69. The maximum atomic E-state index is 12.7. The van der Waals surface area contributed by atoms with Crippen molar-refractivity contribution in [2.24, 2.45) is 0 Å². The lowest BCUT2D eigenvalue weighted by molar-refractivity contribution is -0.384. The van der Waals surface area contributed by atoms with Gasteiger partial charge in [0.1, 0.15) is 5.37 Å². The Balaban J connectivity index is 1.57. The highest BCUT2D eigenvalue weighted by Gasteiger charge is 2.34. The van der Waals surface area contributed by atoms with E-state index in [0.29, 0.717) is 11.4 Å². The number of hydrogen-bond acceptors (Lipinski definition) is 5. The molecule has 1 fully saturated rings. The van der Waals surface area contributed by atoms with E-state index in [-0.39, 0.29) is 27.6 Å². The first kappa shape index (κ1) is 21.9. The van der Waals surface area contributed by atoms with Crippen molar-refractivity contribution in [1.82, 2.24) is 0 Å². The number of nitro benzene ring substituents is 1. The largest absolute Gasteiger partial charge is 0.322 e. The molecule has 2 amide bonds. The second-order valence-corrected chi connectivity index (χ2v) is 8.74. The fourth-order valence-electron chi connectivity index (χ4n) is 3.43. The molecular formula is C23H18ClN3O4S. The first-order valence-corrected chi connectivity index (χ1v) is 11.1. The highest BCUT2D eigenvalue weighted by molar-refractivity contribution is 8.00. The molecule has 0 aromatic heterocycles. The van der Waals surface area contributed by atoms with Gasteiger partial charge in [-0.25, -0.2) is 0 Å². The zero-order valence-corrected chi connectivity index (χ0v) is 18.5. The Kier molecular flexibility index (Phi) is 6.16. The van der Waals surface area contributed by atoms with Crippen LogP contribution in [0.3, 0.4) is 0 Å². The topological polar surface area (TPSA) is 92.6 Å². The van der Waals surface area contributed by atoms with Crippen LogP contribution < -0.4 is 10.2 Å². The lowest BCUT2D eigenvalue weighted by Gasteiger charge is -2.25. The third-order valence-electron chi connectivity index (χ3n) is 5.02. The second kappa shape index (κ2) is 9.02. The van der Waals surface area contributed by atoms with E-state index in [1.165, 1.54) is 23.9 Å². The van der Waals surface area contributed by atoms with E-state index >= 15 is 0 Å². The average Bonchev–Trinajstić information content (AvgIpc) is 3.15. The van der Waals surface area contributed by atoms with Gasteiger partial charge < -0.3 is 5.32 Å². The summed E-state index contributed by atoms with van der Waals surface area (Å²) in [7, 11) is 0. The van der Waals surface area contributed by atoms with E-state index in [1.54, 1.807) is 17.0 Å². The predicted molar refractivity (Wildman–Crippen MR) is 126 cm³/mol. The molecule has 1 heterocycles. The molecule has 0 unspecified atom stereocenters. The summed E-state index contributed by atoms with van der Waals surface area (Å²) in [5.74, 6) is -0.0865. The smallest absolute Gasteiger partial charge is 0.270 e. The van der Waals surface area contributed by atoms with Gasteiger partial charge in [-0.05, 0) is 42.8 Å². The molecule has 4 rings (SSSR count). The molecule has 1 atom stereocenters. The fourth-order valence-corrected chi connectivity index (χ4v) is 4.85. The Labute approximate surface area is 193 Å². The highest BCUT2D eigenvalue weighted by Crippen LogP contribution is 2.42. The van der Waals surface area contributed by atoms with Gasteiger partial charge in [-0.1, -0.05) is 41.4 Å². The molecule has 1 aliphatic heterocycles. The number of nitro groups is 1. The molecule has 1 aliphatic rings. The van der Waals surface area contributed by atoms with Crippen molar-refractivity contribution >= 4 is 52.2 Å². The molecule has 0 saturated carbocycles. The first-order chi connectivity index (χ1) is 15.3. The molecule has 3 aromatic carbocycles. The zero-order valence-electron chi connectivity index (χ0n) is 16.9. The molecule has 0 radical (unpaired) electrons. The monoisotopic (exact) mass is 467 g/mol. The standard InChI is InChI=1S/C23H18ClN3O4S/c1-14-5-7-17(8-6-14)26-21(28)13-32-23(26)15-3-2-4-16(11-15)25-22(29)19-10-9-18(27(30)31)12-20(19)24/h2-12,23H,13H2,1H3,(H,25,29)/t23-/m1/s1.